The number of esters is 1. The summed E-state index contributed by atoms with van der Waals surface area (Å²) in [5.74, 6) is -0.360. The number of hydrogen-bond acceptors (Lipinski definition) is 5. The topological polar surface area (TPSA) is 94.5 Å². The van der Waals surface area contributed by atoms with E-state index in [0.29, 0.717) is 19.3 Å². The Morgan fingerprint density at radius 3 is 2.61 bits per heavy atom. The summed E-state index contributed by atoms with van der Waals surface area (Å²) in [7, 11) is -2.27. The molecule has 0 bridgehead atoms. The van der Waals surface area contributed by atoms with Crippen LogP contribution in [0.2, 0.25) is 0 Å². The zero-order chi connectivity index (χ0) is 17.2. The van der Waals surface area contributed by atoms with Gasteiger partial charge in [-0.05, 0) is 37.3 Å². The number of aromatic nitrogens is 1. The number of carbonyl (C=O) groups is 1. The lowest BCUT2D eigenvalue weighted by molar-refractivity contribution is -0.145. The first-order valence-corrected chi connectivity index (χ1v) is 9.11. The monoisotopic (exact) mass is 342 g/mol. The van der Waals surface area contributed by atoms with Crippen LogP contribution in [0, 0.1) is 5.92 Å². The number of rotatable bonds is 7. The van der Waals surface area contributed by atoms with E-state index < -0.39 is 32.8 Å². The molecule has 0 unspecified atom stereocenters. The predicted molar refractivity (Wildman–Crippen MR) is 86.8 cm³/mol. The Morgan fingerprint density at radius 1 is 1.43 bits per heavy atom. The Morgan fingerprint density at radius 2 is 2.09 bits per heavy atom. The Balaban J connectivity index is 2.37. The summed E-state index contributed by atoms with van der Waals surface area (Å²) in [5, 5.41) is -0.428. The summed E-state index contributed by atoms with van der Waals surface area (Å²) >= 11 is 0. The van der Waals surface area contributed by atoms with Gasteiger partial charge >= 0.3 is 5.97 Å². The highest BCUT2D eigenvalue weighted by Crippen LogP contribution is 2.29. The van der Waals surface area contributed by atoms with Gasteiger partial charge < -0.3 is 4.74 Å². The number of nitrogens with one attached hydrogen (secondary N) is 1. The van der Waals surface area contributed by atoms with Crippen molar-refractivity contribution in [3.05, 3.63) is 28.7 Å². The van der Waals surface area contributed by atoms with E-state index in [4.69, 9.17) is 4.74 Å². The van der Waals surface area contributed by atoms with Crippen LogP contribution in [-0.2, 0) is 19.6 Å². The van der Waals surface area contributed by atoms with Crippen LogP contribution in [0.15, 0.2) is 23.1 Å². The zero-order valence-electron chi connectivity index (χ0n) is 13.5. The molecule has 1 saturated carbocycles. The van der Waals surface area contributed by atoms with Gasteiger partial charge in [-0.25, -0.2) is 13.2 Å². The van der Waals surface area contributed by atoms with E-state index in [2.05, 4.69) is 4.72 Å². The number of methoxy groups -OCH3 is 1. The van der Waals surface area contributed by atoms with Crippen molar-refractivity contribution in [3.8, 4) is 0 Å². The Kier molecular flexibility index (Phi) is 5.13. The predicted octanol–water partition coefficient (Wildman–Crippen LogP) is 1.51. The van der Waals surface area contributed by atoms with Crippen LogP contribution < -0.4 is 10.3 Å². The first-order valence-electron chi connectivity index (χ1n) is 7.57. The van der Waals surface area contributed by atoms with Gasteiger partial charge in [0.15, 0.2) is 0 Å². The van der Waals surface area contributed by atoms with Gasteiger partial charge in [0, 0.05) is 6.20 Å². The van der Waals surface area contributed by atoms with E-state index in [1.54, 1.807) is 6.07 Å². The molecule has 1 N–H and O–H groups in total. The maximum atomic E-state index is 12.6. The largest absolute Gasteiger partial charge is 0.467 e. The standard InChI is InChI=1S/C15H22N2O5S/c1-10(2)9-13(15(19)22-3)17-8-4-5-12(14(17)18)16-23(20,21)11-6-7-11/h4-5,8,10-11,13,16H,6-7,9H2,1-3H3/t13-/m0/s1. The van der Waals surface area contributed by atoms with Gasteiger partial charge in [-0.15, -0.1) is 0 Å². The molecule has 0 spiro atoms. The van der Waals surface area contributed by atoms with Crippen molar-refractivity contribution in [1.82, 2.24) is 4.57 Å². The fraction of sp³-hybridized carbons (Fsp3) is 0.600. The van der Waals surface area contributed by atoms with Gasteiger partial charge in [-0.3, -0.25) is 14.1 Å². The summed E-state index contributed by atoms with van der Waals surface area (Å²) in [5.41, 5.74) is -0.593. The highest BCUT2D eigenvalue weighted by atomic mass is 32.2. The van der Waals surface area contributed by atoms with Gasteiger partial charge in [0.1, 0.15) is 11.7 Å². The van der Waals surface area contributed by atoms with Gasteiger partial charge in [0.25, 0.3) is 5.56 Å². The molecule has 0 amide bonds. The lowest BCUT2D eigenvalue weighted by Gasteiger charge is -2.20. The number of pyridine rings is 1. The molecule has 0 aromatic carbocycles. The number of ether oxygens (including phenoxy) is 1. The van der Waals surface area contributed by atoms with E-state index in [1.807, 2.05) is 13.8 Å². The van der Waals surface area contributed by atoms with E-state index in [9.17, 15) is 18.0 Å². The van der Waals surface area contributed by atoms with Gasteiger partial charge in [0.05, 0.1) is 12.4 Å². The van der Waals surface area contributed by atoms with Crippen LogP contribution >= 0.6 is 0 Å². The molecule has 2 rings (SSSR count). The van der Waals surface area contributed by atoms with Crippen LogP contribution in [0.4, 0.5) is 5.69 Å². The van der Waals surface area contributed by atoms with E-state index in [1.165, 1.54) is 23.9 Å². The number of sulfonamides is 1. The molecule has 1 aromatic heterocycles. The van der Waals surface area contributed by atoms with Crippen LogP contribution in [0.1, 0.15) is 39.2 Å². The Hall–Kier alpha value is -1.83. The molecule has 128 valence electrons. The fourth-order valence-corrected chi connectivity index (χ4v) is 3.74. The second-order valence-corrected chi connectivity index (χ2v) is 8.11. The summed E-state index contributed by atoms with van der Waals surface area (Å²) < 4.78 is 32.4. The molecule has 0 aliphatic heterocycles. The third-order valence-corrected chi connectivity index (χ3v) is 5.55. The lowest BCUT2D eigenvalue weighted by atomic mass is 10.0. The lowest BCUT2D eigenvalue weighted by Crippen LogP contribution is -2.33. The van der Waals surface area contributed by atoms with Crippen molar-refractivity contribution in [3.63, 3.8) is 0 Å². The molecule has 23 heavy (non-hydrogen) atoms. The minimum absolute atomic E-state index is 0.0444. The number of nitrogens with zero attached hydrogens (tertiary/aromatic N) is 1. The fourth-order valence-electron chi connectivity index (χ4n) is 2.35. The third-order valence-electron chi connectivity index (χ3n) is 3.69. The van der Waals surface area contributed by atoms with Crippen molar-refractivity contribution < 1.29 is 17.9 Å². The minimum Gasteiger partial charge on any atom is -0.467 e. The van der Waals surface area contributed by atoms with Crippen molar-refractivity contribution in [1.29, 1.82) is 0 Å². The highest BCUT2D eigenvalue weighted by Gasteiger charge is 2.36. The van der Waals surface area contributed by atoms with Gasteiger partial charge in [-0.2, -0.15) is 0 Å². The maximum absolute atomic E-state index is 12.6. The molecule has 0 radical (unpaired) electrons. The minimum atomic E-state index is -3.53. The van der Waals surface area contributed by atoms with Gasteiger partial charge in [0.2, 0.25) is 10.0 Å². The summed E-state index contributed by atoms with van der Waals surface area (Å²) in [6.45, 7) is 3.86. The van der Waals surface area contributed by atoms with Crippen molar-refractivity contribution in [2.24, 2.45) is 5.92 Å². The highest BCUT2D eigenvalue weighted by molar-refractivity contribution is 7.93. The maximum Gasteiger partial charge on any atom is 0.328 e. The molecular formula is C15H22N2O5S. The van der Waals surface area contributed by atoms with E-state index in [0.717, 1.165) is 0 Å². The Labute approximate surface area is 135 Å². The smallest absolute Gasteiger partial charge is 0.328 e. The van der Waals surface area contributed by atoms with Crippen LogP contribution in [-0.4, -0.2) is 31.3 Å². The molecule has 1 atom stereocenters. The molecular weight excluding hydrogens is 320 g/mol. The second kappa shape index (κ2) is 6.74. The normalized spacial score (nSPS) is 16.2. The molecule has 1 aromatic rings. The summed E-state index contributed by atoms with van der Waals surface area (Å²) in [4.78, 5) is 24.6. The van der Waals surface area contributed by atoms with Crippen molar-refractivity contribution >= 4 is 21.7 Å². The Bertz CT molecular complexity index is 734. The quantitative estimate of drug-likeness (QED) is 0.758. The van der Waals surface area contributed by atoms with E-state index in [-0.39, 0.29) is 11.6 Å². The molecule has 1 fully saturated rings. The zero-order valence-corrected chi connectivity index (χ0v) is 14.3. The second-order valence-electron chi connectivity index (χ2n) is 6.15. The number of anilines is 1. The van der Waals surface area contributed by atoms with Crippen LogP contribution in [0.5, 0.6) is 0 Å². The first-order chi connectivity index (χ1) is 10.8. The molecule has 1 heterocycles. The molecule has 1 aliphatic carbocycles. The number of carbonyl (C=O) groups excluding carboxylic acids is 1. The van der Waals surface area contributed by atoms with Crippen LogP contribution in [0.25, 0.3) is 0 Å². The van der Waals surface area contributed by atoms with Crippen LogP contribution in [0.3, 0.4) is 0 Å². The SMILES string of the molecule is COC(=O)[C@H](CC(C)C)n1cccc(NS(=O)(=O)C2CC2)c1=O. The third kappa shape index (κ3) is 4.13. The summed E-state index contributed by atoms with van der Waals surface area (Å²) in [6.07, 6.45) is 3.11. The average Bonchev–Trinajstić information content (AvgIpc) is 3.31. The van der Waals surface area contributed by atoms with Crippen molar-refractivity contribution in [2.45, 2.75) is 44.4 Å². The molecule has 8 heteroatoms. The first kappa shape index (κ1) is 17.5. The van der Waals surface area contributed by atoms with E-state index >= 15 is 0 Å². The molecule has 0 saturated heterocycles. The summed E-state index contributed by atoms with van der Waals surface area (Å²) in [6, 6.07) is 2.17. The average molecular weight is 342 g/mol. The van der Waals surface area contributed by atoms with Gasteiger partial charge in [-0.1, -0.05) is 13.8 Å². The van der Waals surface area contributed by atoms with Crippen molar-refractivity contribution in [2.75, 3.05) is 11.8 Å². The number of hydrogen-bond donors (Lipinski definition) is 1. The molecule has 1 aliphatic rings. The molecule has 7 nitrogen and oxygen atoms in total.